The lowest BCUT2D eigenvalue weighted by molar-refractivity contribution is -0.130. The van der Waals surface area contributed by atoms with Crippen molar-refractivity contribution in [3.05, 3.63) is 77.3 Å². The molecule has 1 saturated heterocycles. The first-order chi connectivity index (χ1) is 25.8. The van der Waals surface area contributed by atoms with Gasteiger partial charge in [0.15, 0.2) is 0 Å². The molecule has 302 valence electrons. The minimum absolute atomic E-state index is 0.0505. The zero-order valence-corrected chi connectivity index (χ0v) is 31.1. The van der Waals surface area contributed by atoms with Crippen molar-refractivity contribution < 1.29 is 56.0 Å². The number of nitrogens with zero attached hydrogens (tertiary/aromatic N) is 2. The maximum Gasteiger partial charge on any atom is 0.409 e. The molecule has 11 nitrogen and oxygen atoms in total. The van der Waals surface area contributed by atoms with Crippen LogP contribution >= 0.6 is 11.3 Å². The molecule has 1 aromatic carbocycles. The number of nitrogen functional groups attached to an aromatic ring is 1. The summed E-state index contributed by atoms with van der Waals surface area (Å²) >= 11 is 1.60. The molecular weight excluding hydrogens is 756 g/mol. The third-order valence-electron chi connectivity index (χ3n) is 8.49. The number of aliphatic hydroxyl groups excluding tert-OH is 3. The Morgan fingerprint density at radius 1 is 1.07 bits per heavy atom. The highest BCUT2D eigenvalue weighted by atomic mass is 32.1. The van der Waals surface area contributed by atoms with Crippen LogP contribution in [0.2, 0.25) is 0 Å². The first kappa shape index (κ1) is 44.9. The number of hydrogen-bond acceptors (Lipinski definition) is 10. The molecule has 2 amide bonds. The molecule has 4 rings (SSSR count). The maximum absolute atomic E-state index is 12.5. The van der Waals surface area contributed by atoms with Gasteiger partial charge in [0, 0.05) is 53.9 Å². The number of rotatable bonds is 13. The van der Waals surface area contributed by atoms with Gasteiger partial charge in [-0.3, -0.25) is 14.5 Å². The van der Waals surface area contributed by atoms with Crippen LogP contribution in [0, 0.1) is 0 Å². The molecule has 0 bridgehead atoms. The Hall–Kier alpha value is -4.49. The average molecular weight is 802 g/mol. The number of benzene rings is 1. The fourth-order valence-electron chi connectivity index (χ4n) is 5.58. The van der Waals surface area contributed by atoms with Crippen molar-refractivity contribution in [3.8, 4) is 27.3 Å². The summed E-state index contributed by atoms with van der Waals surface area (Å²) in [6, 6.07) is 7.06. The molecule has 18 heteroatoms. The summed E-state index contributed by atoms with van der Waals surface area (Å²) in [5.41, 5.74) is 14.9. The fraction of sp³-hybridized carbons (Fsp3) is 0.432. The Labute approximate surface area is 318 Å². The van der Waals surface area contributed by atoms with E-state index in [4.69, 9.17) is 16.2 Å². The van der Waals surface area contributed by atoms with Gasteiger partial charge in [0.2, 0.25) is 5.91 Å². The molecule has 0 aliphatic carbocycles. The number of amides is 2. The van der Waals surface area contributed by atoms with E-state index in [1.54, 1.807) is 35.4 Å². The van der Waals surface area contributed by atoms with Gasteiger partial charge in [-0.25, -0.2) is 4.98 Å². The van der Waals surface area contributed by atoms with Crippen molar-refractivity contribution in [1.82, 2.24) is 15.2 Å². The first-order valence-corrected chi connectivity index (χ1v) is 18.1. The number of carbonyl (C=O) groups is 2. The minimum atomic E-state index is -4.47. The number of nitrogens with two attached hydrogens (primary N) is 2. The third-order valence-corrected chi connectivity index (χ3v) is 9.52. The van der Waals surface area contributed by atoms with Crippen molar-refractivity contribution in [1.29, 1.82) is 0 Å². The van der Waals surface area contributed by atoms with Crippen LogP contribution in [-0.2, 0) is 11.2 Å². The number of piperidine rings is 1. The van der Waals surface area contributed by atoms with Gasteiger partial charge in [-0.2, -0.15) is 26.3 Å². The van der Waals surface area contributed by atoms with Gasteiger partial charge >= 0.3 is 12.4 Å². The molecule has 1 fully saturated rings. The number of halogens is 6. The summed E-state index contributed by atoms with van der Waals surface area (Å²) in [4.78, 5) is 30.2. The number of primary amides is 1. The van der Waals surface area contributed by atoms with Gasteiger partial charge in [-0.15, -0.1) is 11.3 Å². The second-order valence-electron chi connectivity index (χ2n) is 12.6. The van der Waals surface area contributed by atoms with E-state index < -0.39 is 55.3 Å². The predicted octanol–water partition coefficient (Wildman–Crippen LogP) is 5.39. The Morgan fingerprint density at radius 3 is 2.35 bits per heavy atom. The van der Waals surface area contributed by atoms with Gasteiger partial charge in [-0.1, -0.05) is 26.0 Å². The van der Waals surface area contributed by atoms with Crippen molar-refractivity contribution in [3.63, 3.8) is 0 Å². The highest BCUT2D eigenvalue weighted by molar-refractivity contribution is 7.13. The average Bonchev–Trinajstić information content (AvgIpc) is 3.60. The van der Waals surface area contributed by atoms with Crippen LogP contribution in [0.4, 0.5) is 32.2 Å². The van der Waals surface area contributed by atoms with Crippen LogP contribution in [0.15, 0.2) is 66.2 Å². The zero-order valence-electron chi connectivity index (χ0n) is 30.3. The summed E-state index contributed by atoms with van der Waals surface area (Å²) < 4.78 is 79.1. The highest BCUT2D eigenvalue weighted by Gasteiger charge is 2.42. The standard InChI is InChI=1S/C23H22F3N3O2S.C14H23F3N2O4/c1-3-14-8-20(32-12-14)16-9-18(21(27)29-11-16)15-4-5-17(22(28)30)19(10-15)31-13(2)6-7-23(24,25)26;1-2-11(21)18-9-7-19(6-4-3-5-14(15,16)17)10(8-20)13(23)12(9)22/h4-13H,3H2,1-2H3,(H2,27,29)(H2,28,30);3,5,9-10,12-13,20,22-23H,2,4,6-8H2,1H3,(H,18,21)/b7-6-;5-3-/t;9?,10-,12-,13-/m.1/s1. The summed E-state index contributed by atoms with van der Waals surface area (Å²) in [7, 11) is 0. The Morgan fingerprint density at radius 2 is 1.76 bits per heavy atom. The highest BCUT2D eigenvalue weighted by Crippen LogP contribution is 2.35. The van der Waals surface area contributed by atoms with E-state index in [2.05, 4.69) is 28.7 Å². The summed E-state index contributed by atoms with van der Waals surface area (Å²) in [5, 5.41) is 34.1. The Balaban J connectivity index is 0.000000313. The number of likely N-dealkylation sites (tertiary alicyclic amines) is 1. The van der Waals surface area contributed by atoms with E-state index in [1.165, 1.54) is 24.6 Å². The lowest BCUT2D eigenvalue weighted by Gasteiger charge is -2.45. The van der Waals surface area contributed by atoms with Crippen LogP contribution in [0.25, 0.3) is 21.6 Å². The molecule has 0 saturated carbocycles. The van der Waals surface area contributed by atoms with Crippen LogP contribution < -0.4 is 21.5 Å². The molecule has 2 unspecified atom stereocenters. The van der Waals surface area contributed by atoms with Gasteiger partial charge < -0.3 is 36.8 Å². The van der Waals surface area contributed by atoms with Gasteiger partial charge in [0.05, 0.1) is 30.4 Å². The van der Waals surface area contributed by atoms with Gasteiger partial charge in [-0.05, 0) is 66.6 Å². The Kier molecular flexibility index (Phi) is 16.2. The van der Waals surface area contributed by atoms with Crippen LogP contribution in [0.3, 0.4) is 0 Å². The molecule has 2 aromatic heterocycles. The molecule has 1 aliphatic heterocycles. The second-order valence-corrected chi connectivity index (χ2v) is 13.5. The number of pyridine rings is 1. The lowest BCUT2D eigenvalue weighted by Crippen LogP contribution is -2.66. The smallest absolute Gasteiger partial charge is 0.409 e. The first-order valence-electron chi connectivity index (χ1n) is 17.2. The number of nitrogens with one attached hydrogen (secondary N) is 1. The molecule has 1 aliphatic rings. The third kappa shape index (κ3) is 13.6. The van der Waals surface area contributed by atoms with E-state index >= 15 is 0 Å². The number of hydrogen-bond donors (Lipinski definition) is 6. The second kappa shape index (κ2) is 19.9. The van der Waals surface area contributed by atoms with Crippen molar-refractivity contribution in [2.45, 2.75) is 82.8 Å². The number of aliphatic hydroxyl groups is 3. The van der Waals surface area contributed by atoms with E-state index in [9.17, 15) is 51.3 Å². The number of thiophene rings is 1. The molecule has 5 atom stereocenters. The number of aryl methyl sites for hydroxylation is 1. The summed E-state index contributed by atoms with van der Waals surface area (Å²) in [6.45, 7) is 4.98. The van der Waals surface area contributed by atoms with E-state index in [1.807, 2.05) is 6.07 Å². The molecule has 8 N–H and O–H groups in total. The molecule has 3 aromatic rings. The predicted molar refractivity (Wildman–Crippen MR) is 197 cm³/mol. The van der Waals surface area contributed by atoms with Crippen molar-refractivity contribution in [2.24, 2.45) is 5.73 Å². The maximum atomic E-state index is 12.5. The van der Waals surface area contributed by atoms with Crippen molar-refractivity contribution >= 4 is 29.0 Å². The summed E-state index contributed by atoms with van der Waals surface area (Å²) in [6.07, 6.45) is -7.44. The number of alkyl halides is 6. The molecular formula is C37H45F6N5O6S. The lowest BCUT2D eigenvalue weighted by atomic mass is 9.92. The largest absolute Gasteiger partial charge is 0.486 e. The quantitative estimate of drug-likeness (QED) is 0.0975. The normalized spacial score (nSPS) is 19.9. The monoisotopic (exact) mass is 801 g/mol. The molecule has 0 radical (unpaired) electrons. The van der Waals surface area contributed by atoms with E-state index in [-0.39, 0.29) is 61.1 Å². The number of aromatic nitrogens is 1. The summed E-state index contributed by atoms with van der Waals surface area (Å²) in [5.74, 6) is -0.739. The molecule has 55 heavy (non-hydrogen) atoms. The number of ether oxygens (including phenoxy) is 1. The SMILES string of the molecule is CCC(=O)NC1CN(CC/C=C\C(F)(F)F)[C@H](CO)[C@@H](O)[C@@H]1O.CCc1csc(-c2cnc(N)c(-c3ccc(C(N)=O)c(OC(C)/C=C\C(F)(F)F)c3)c2)c1. The molecule has 3 heterocycles. The van der Waals surface area contributed by atoms with Crippen LogP contribution in [-0.4, -0.2) is 99.5 Å². The molecule has 0 spiro atoms. The van der Waals surface area contributed by atoms with E-state index in [0.717, 1.165) is 29.0 Å². The van der Waals surface area contributed by atoms with Gasteiger partial charge in [0.25, 0.3) is 5.91 Å². The zero-order chi connectivity index (χ0) is 41.1. The van der Waals surface area contributed by atoms with Crippen LogP contribution in [0.5, 0.6) is 5.75 Å². The number of carbonyl (C=O) groups excluding carboxylic acids is 2. The fourth-order valence-corrected chi connectivity index (χ4v) is 6.56. The Bertz CT molecular complexity index is 1800. The van der Waals surface area contributed by atoms with Crippen molar-refractivity contribution in [2.75, 3.05) is 25.4 Å². The number of allylic oxidation sites excluding steroid dienone is 2. The van der Waals surface area contributed by atoms with Gasteiger partial charge in [0.1, 0.15) is 23.8 Å². The van der Waals surface area contributed by atoms with Crippen LogP contribution in [0.1, 0.15) is 49.5 Å². The van der Waals surface area contributed by atoms with E-state index in [0.29, 0.717) is 11.1 Å². The number of anilines is 1. The topological polar surface area (TPSA) is 184 Å². The minimum Gasteiger partial charge on any atom is -0.486 e.